The molecule has 0 aliphatic heterocycles. The number of hydrogen-bond acceptors (Lipinski definition) is 7. The van der Waals surface area contributed by atoms with E-state index in [4.69, 9.17) is 8.92 Å². The molecule has 0 bridgehead atoms. The number of benzene rings is 2. The fourth-order valence-corrected chi connectivity index (χ4v) is 4.49. The summed E-state index contributed by atoms with van der Waals surface area (Å²) in [6.45, 7) is 2.00. The molecular formula is C21H18N2O4S2. The van der Waals surface area contributed by atoms with E-state index in [-0.39, 0.29) is 11.5 Å². The maximum atomic E-state index is 12.5. The molecule has 2 heterocycles. The van der Waals surface area contributed by atoms with Crippen molar-refractivity contribution < 1.29 is 17.3 Å². The van der Waals surface area contributed by atoms with Crippen LogP contribution in [0.3, 0.4) is 0 Å². The molecule has 29 heavy (non-hydrogen) atoms. The molecule has 0 unspecified atom stereocenters. The molecule has 148 valence electrons. The van der Waals surface area contributed by atoms with E-state index in [1.165, 1.54) is 23.7 Å². The number of nitrogens with zero attached hydrogens (tertiary/aromatic N) is 2. The van der Waals surface area contributed by atoms with Gasteiger partial charge in [0.05, 0.1) is 27.5 Å². The van der Waals surface area contributed by atoms with Crippen LogP contribution in [-0.2, 0) is 27.5 Å². The molecule has 0 amide bonds. The molecule has 2 aromatic carbocycles. The average molecular weight is 427 g/mol. The lowest BCUT2D eigenvalue weighted by atomic mass is 10.2. The van der Waals surface area contributed by atoms with Gasteiger partial charge in [0.25, 0.3) is 10.1 Å². The standard InChI is InChI=1S/C21H18N2O4S2/c1-15-20-18(12-22-28-20)19(14-27-29(24,25)17-10-6-3-7-11-17)21(23-15)26-13-16-8-4-2-5-9-16/h2-12H,13-14H2,1H3. The Morgan fingerprint density at radius 2 is 1.66 bits per heavy atom. The van der Waals surface area contributed by atoms with Crippen molar-refractivity contribution in [2.24, 2.45) is 0 Å². The second-order valence-electron chi connectivity index (χ2n) is 6.35. The van der Waals surface area contributed by atoms with E-state index in [0.29, 0.717) is 18.1 Å². The van der Waals surface area contributed by atoms with Gasteiger partial charge in [0.1, 0.15) is 6.61 Å². The van der Waals surface area contributed by atoms with Crippen LogP contribution in [0.1, 0.15) is 16.8 Å². The van der Waals surface area contributed by atoms with Gasteiger partial charge in [0, 0.05) is 11.6 Å². The van der Waals surface area contributed by atoms with Gasteiger partial charge in [-0.2, -0.15) is 12.8 Å². The lowest BCUT2D eigenvalue weighted by molar-refractivity contribution is 0.269. The van der Waals surface area contributed by atoms with Crippen LogP contribution in [0, 0.1) is 6.92 Å². The first-order valence-corrected chi connectivity index (χ1v) is 11.1. The molecule has 6 nitrogen and oxygen atoms in total. The molecule has 0 spiro atoms. The van der Waals surface area contributed by atoms with Gasteiger partial charge in [0.2, 0.25) is 5.88 Å². The van der Waals surface area contributed by atoms with Gasteiger partial charge in [-0.3, -0.25) is 4.18 Å². The predicted octanol–water partition coefficient (Wildman–Crippen LogP) is 4.48. The van der Waals surface area contributed by atoms with E-state index in [1.807, 2.05) is 37.3 Å². The summed E-state index contributed by atoms with van der Waals surface area (Å²) in [5.41, 5.74) is 2.33. The summed E-state index contributed by atoms with van der Waals surface area (Å²) in [6.07, 6.45) is 1.69. The Labute approximate surface area is 173 Å². The number of aromatic nitrogens is 2. The normalized spacial score (nSPS) is 11.6. The summed E-state index contributed by atoms with van der Waals surface area (Å²) in [5.74, 6) is 0.349. The SMILES string of the molecule is Cc1nc(OCc2ccccc2)c(COS(=O)(=O)c2ccccc2)c2cnsc12. The zero-order valence-corrected chi connectivity index (χ0v) is 17.2. The van der Waals surface area contributed by atoms with Crippen molar-refractivity contribution in [1.29, 1.82) is 0 Å². The van der Waals surface area contributed by atoms with Gasteiger partial charge in [-0.15, -0.1) is 0 Å². The summed E-state index contributed by atoms with van der Waals surface area (Å²) < 4.78 is 41.5. The van der Waals surface area contributed by atoms with Crippen molar-refractivity contribution in [3.05, 3.63) is 83.7 Å². The Balaban J connectivity index is 1.65. The third kappa shape index (κ3) is 4.29. The average Bonchev–Trinajstić information content (AvgIpc) is 3.24. The second kappa shape index (κ2) is 8.28. The number of fused-ring (bicyclic) bond motifs is 1. The van der Waals surface area contributed by atoms with Gasteiger partial charge in [0.15, 0.2) is 0 Å². The second-order valence-corrected chi connectivity index (χ2v) is 8.77. The zero-order chi connectivity index (χ0) is 20.3. The van der Waals surface area contributed by atoms with E-state index in [2.05, 4.69) is 9.36 Å². The van der Waals surface area contributed by atoms with Crippen LogP contribution in [-0.4, -0.2) is 17.8 Å². The molecule has 0 fully saturated rings. The third-order valence-electron chi connectivity index (χ3n) is 4.36. The Morgan fingerprint density at radius 3 is 2.38 bits per heavy atom. The molecule has 4 rings (SSSR count). The number of hydrogen-bond donors (Lipinski definition) is 0. The van der Waals surface area contributed by atoms with Crippen molar-refractivity contribution in [3.63, 3.8) is 0 Å². The van der Waals surface area contributed by atoms with E-state index < -0.39 is 10.1 Å². The molecule has 8 heteroatoms. The smallest absolute Gasteiger partial charge is 0.297 e. The van der Waals surface area contributed by atoms with Crippen molar-refractivity contribution >= 4 is 31.7 Å². The highest BCUT2D eigenvalue weighted by molar-refractivity contribution is 7.86. The highest BCUT2D eigenvalue weighted by atomic mass is 32.2. The first-order valence-electron chi connectivity index (χ1n) is 8.89. The number of pyridine rings is 1. The first-order chi connectivity index (χ1) is 14.0. The molecule has 0 radical (unpaired) electrons. The number of rotatable bonds is 7. The minimum atomic E-state index is -3.90. The predicted molar refractivity (Wildman–Crippen MR) is 111 cm³/mol. The van der Waals surface area contributed by atoms with Crippen molar-refractivity contribution in [2.75, 3.05) is 0 Å². The number of aryl methyl sites for hydroxylation is 1. The van der Waals surface area contributed by atoms with E-state index in [0.717, 1.165) is 21.3 Å². The van der Waals surface area contributed by atoms with Crippen LogP contribution >= 0.6 is 11.5 Å². The topological polar surface area (TPSA) is 78.4 Å². The molecule has 2 aromatic heterocycles. The van der Waals surface area contributed by atoms with Gasteiger partial charge in [-0.05, 0) is 36.2 Å². The van der Waals surface area contributed by atoms with Gasteiger partial charge >= 0.3 is 0 Å². The lowest BCUT2D eigenvalue weighted by Gasteiger charge is -2.13. The van der Waals surface area contributed by atoms with Gasteiger partial charge in [-0.25, -0.2) is 4.98 Å². The van der Waals surface area contributed by atoms with Crippen LogP contribution in [0.4, 0.5) is 0 Å². The monoisotopic (exact) mass is 426 g/mol. The van der Waals surface area contributed by atoms with Crippen LogP contribution < -0.4 is 4.74 Å². The van der Waals surface area contributed by atoms with Crippen molar-refractivity contribution in [2.45, 2.75) is 25.0 Å². The molecule has 0 aliphatic carbocycles. The molecular weight excluding hydrogens is 408 g/mol. The molecule has 0 saturated carbocycles. The Kier molecular flexibility index (Phi) is 5.57. The zero-order valence-electron chi connectivity index (χ0n) is 15.6. The highest BCUT2D eigenvalue weighted by Gasteiger charge is 2.20. The van der Waals surface area contributed by atoms with Gasteiger partial charge in [-0.1, -0.05) is 48.5 Å². The minimum absolute atomic E-state index is 0.103. The Morgan fingerprint density at radius 1 is 0.966 bits per heavy atom. The lowest BCUT2D eigenvalue weighted by Crippen LogP contribution is -2.09. The first kappa shape index (κ1) is 19.5. The molecule has 0 atom stereocenters. The minimum Gasteiger partial charge on any atom is -0.473 e. The van der Waals surface area contributed by atoms with Crippen LogP contribution in [0.2, 0.25) is 0 Å². The molecule has 0 aliphatic rings. The number of ether oxygens (including phenoxy) is 1. The van der Waals surface area contributed by atoms with Crippen molar-refractivity contribution in [3.8, 4) is 5.88 Å². The summed E-state index contributed by atoms with van der Waals surface area (Å²) in [6, 6.07) is 17.7. The molecule has 0 N–H and O–H groups in total. The largest absolute Gasteiger partial charge is 0.473 e. The maximum absolute atomic E-state index is 12.5. The van der Waals surface area contributed by atoms with Crippen LogP contribution in [0.25, 0.3) is 10.1 Å². The quantitative estimate of drug-likeness (QED) is 0.405. The van der Waals surface area contributed by atoms with E-state index in [9.17, 15) is 8.42 Å². The third-order valence-corrected chi connectivity index (χ3v) is 6.55. The maximum Gasteiger partial charge on any atom is 0.297 e. The Bertz CT molecular complexity index is 1220. The van der Waals surface area contributed by atoms with E-state index >= 15 is 0 Å². The van der Waals surface area contributed by atoms with Crippen LogP contribution in [0.15, 0.2) is 71.8 Å². The summed E-state index contributed by atoms with van der Waals surface area (Å²) in [5, 5.41) is 0.786. The molecule has 0 saturated heterocycles. The van der Waals surface area contributed by atoms with Crippen molar-refractivity contribution in [1.82, 2.24) is 9.36 Å². The van der Waals surface area contributed by atoms with Crippen LogP contribution in [0.5, 0.6) is 5.88 Å². The Hall–Kier alpha value is -2.81. The summed E-state index contributed by atoms with van der Waals surface area (Å²) in [4.78, 5) is 4.64. The van der Waals surface area contributed by atoms with E-state index in [1.54, 1.807) is 24.4 Å². The summed E-state index contributed by atoms with van der Waals surface area (Å²) >= 11 is 1.31. The summed E-state index contributed by atoms with van der Waals surface area (Å²) in [7, 11) is -3.90. The van der Waals surface area contributed by atoms with Gasteiger partial charge < -0.3 is 4.74 Å². The fraction of sp³-hybridized carbons (Fsp3) is 0.143. The highest BCUT2D eigenvalue weighted by Crippen LogP contribution is 2.32. The molecule has 4 aromatic rings. The fourth-order valence-electron chi connectivity index (χ4n) is 2.88.